The van der Waals surface area contributed by atoms with Crippen LogP contribution in [0.15, 0.2) is 18.2 Å². The molecule has 0 unspecified atom stereocenters. The van der Waals surface area contributed by atoms with E-state index in [1.807, 2.05) is 19.1 Å². The van der Waals surface area contributed by atoms with Gasteiger partial charge < -0.3 is 0 Å². The van der Waals surface area contributed by atoms with Crippen LogP contribution in [-0.2, 0) is 0 Å². The molecule has 0 spiro atoms. The summed E-state index contributed by atoms with van der Waals surface area (Å²) in [5.74, 6) is 0. The Bertz CT molecular complexity index is 164. The van der Waals surface area contributed by atoms with Gasteiger partial charge in [-0.2, -0.15) is 0 Å². The predicted molar refractivity (Wildman–Crippen MR) is 35.0 cm³/mol. The second-order valence-corrected chi connectivity index (χ2v) is 2.17. The summed E-state index contributed by atoms with van der Waals surface area (Å²) in [4.78, 5) is 0. The summed E-state index contributed by atoms with van der Waals surface area (Å²) < 4.78 is 0. The van der Waals surface area contributed by atoms with E-state index in [9.17, 15) is 0 Å². The molecule has 1 rings (SSSR count). The van der Waals surface area contributed by atoms with Crippen molar-refractivity contribution in [1.82, 2.24) is 0 Å². The molecule has 0 aliphatic carbocycles. The highest BCUT2D eigenvalue weighted by molar-refractivity contribution is 6.30. The number of rotatable bonds is 0. The van der Waals surface area contributed by atoms with Gasteiger partial charge in [0.2, 0.25) is 0 Å². The van der Waals surface area contributed by atoms with Crippen molar-refractivity contribution in [3.05, 3.63) is 34.9 Å². The van der Waals surface area contributed by atoms with Crippen LogP contribution in [0.25, 0.3) is 0 Å². The summed E-state index contributed by atoms with van der Waals surface area (Å²) in [5, 5.41) is 0.755. The molecular formula is C7H6Cl. The maximum absolute atomic E-state index is 5.61. The first-order valence-corrected chi connectivity index (χ1v) is 2.80. The number of halogens is 1. The average Bonchev–Trinajstić information content (AvgIpc) is 1.64. The fraction of sp³-hybridized carbons (Fsp3) is 0.143. The molecule has 0 saturated carbocycles. The zero-order chi connectivity index (χ0) is 5.98. The van der Waals surface area contributed by atoms with Gasteiger partial charge >= 0.3 is 0 Å². The van der Waals surface area contributed by atoms with Crippen molar-refractivity contribution in [2.24, 2.45) is 0 Å². The topological polar surface area (TPSA) is 0 Å². The third kappa shape index (κ3) is 1.24. The number of benzene rings is 1. The van der Waals surface area contributed by atoms with Crippen molar-refractivity contribution in [2.75, 3.05) is 0 Å². The van der Waals surface area contributed by atoms with Gasteiger partial charge in [-0.25, -0.2) is 0 Å². The lowest BCUT2D eigenvalue weighted by atomic mass is 10.2. The molecule has 0 aromatic heterocycles. The van der Waals surface area contributed by atoms with E-state index in [2.05, 4.69) is 6.07 Å². The minimum atomic E-state index is 0.755. The van der Waals surface area contributed by atoms with E-state index in [1.54, 1.807) is 6.07 Å². The van der Waals surface area contributed by atoms with Crippen molar-refractivity contribution in [1.29, 1.82) is 0 Å². The number of aryl methyl sites for hydroxylation is 1. The SMILES string of the molecule is Cc1c[c]cc(Cl)c1. The summed E-state index contributed by atoms with van der Waals surface area (Å²) in [5.41, 5.74) is 1.15. The highest BCUT2D eigenvalue weighted by atomic mass is 35.5. The van der Waals surface area contributed by atoms with Gasteiger partial charge in [0, 0.05) is 5.02 Å². The molecule has 1 radical (unpaired) electrons. The van der Waals surface area contributed by atoms with Crippen LogP contribution in [0.5, 0.6) is 0 Å². The highest BCUT2D eigenvalue weighted by Gasteiger charge is 1.83. The fourth-order valence-corrected chi connectivity index (χ4v) is 0.789. The Morgan fingerprint density at radius 1 is 1.50 bits per heavy atom. The van der Waals surface area contributed by atoms with Crippen LogP contribution in [0.3, 0.4) is 0 Å². The van der Waals surface area contributed by atoms with E-state index in [1.165, 1.54) is 0 Å². The van der Waals surface area contributed by atoms with Crippen LogP contribution in [0.1, 0.15) is 5.56 Å². The fourth-order valence-electron chi connectivity index (χ4n) is 0.554. The molecule has 0 aliphatic rings. The van der Waals surface area contributed by atoms with E-state index in [0.717, 1.165) is 10.6 Å². The molecule has 0 N–H and O–H groups in total. The smallest absolute Gasteiger partial charge is 0.0414 e. The monoisotopic (exact) mass is 125 g/mol. The molecule has 0 atom stereocenters. The third-order valence-corrected chi connectivity index (χ3v) is 1.12. The first-order valence-electron chi connectivity index (χ1n) is 2.42. The lowest BCUT2D eigenvalue weighted by Crippen LogP contribution is -1.67. The first-order chi connectivity index (χ1) is 3.79. The summed E-state index contributed by atoms with van der Waals surface area (Å²) in [6.07, 6.45) is 0. The molecule has 0 heterocycles. The lowest BCUT2D eigenvalue weighted by molar-refractivity contribution is 1.47. The molecule has 8 heavy (non-hydrogen) atoms. The molecule has 0 nitrogen and oxygen atoms in total. The summed E-state index contributed by atoms with van der Waals surface area (Å²) >= 11 is 5.61. The summed E-state index contributed by atoms with van der Waals surface area (Å²) in [6.45, 7) is 1.99. The Labute approximate surface area is 54.1 Å². The van der Waals surface area contributed by atoms with Crippen LogP contribution in [-0.4, -0.2) is 0 Å². The Morgan fingerprint density at radius 2 is 2.25 bits per heavy atom. The number of hydrogen-bond donors (Lipinski definition) is 0. The zero-order valence-electron chi connectivity index (χ0n) is 4.61. The summed E-state index contributed by atoms with van der Waals surface area (Å²) in [7, 11) is 0. The molecule has 0 amide bonds. The minimum absolute atomic E-state index is 0.755. The molecule has 0 saturated heterocycles. The average molecular weight is 126 g/mol. The minimum Gasteiger partial charge on any atom is -0.0843 e. The molecule has 0 fully saturated rings. The van der Waals surface area contributed by atoms with Crippen LogP contribution in [0.2, 0.25) is 5.02 Å². The van der Waals surface area contributed by atoms with E-state index in [4.69, 9.17) is 11.6 Å². The van der Waals surface area contributed by atoms with Crippen molar-refractivity contribution >= 4 is 11.6 Å². The van der Waals surface area contributed by atoms with Gasteiger partial charge in [-0.3, -0.25) is 0 Å². The predicted octanol–water partition coefficient (Wildman–Crippen LogP) is 2.45. The van der Waals surface area contributed by atoms with E-state index in [-0.39, 0.29) is 0 Å². The molecule has 1 aromatic rings. The highest BCUT2D eigenvalue weighted by Crippen LogP contribution is 2.07. The Kier molecular flexibility index (Phi) is 1.54. The Balaban J connectivity index is 3.08. The van der Waals surface area contributed by atoms with Crippen LogP contribution < -0.4 is 0 Å². The van der Waals surface area contributed by atoms with Crippen LogP contribution in [0.4, 0.5) is 0 Å². The zero-order valence-corrected chi connectivity index (χ0v) is 5.37. The largest absolute Gasteiger partial charge is 0.0843 e. The van der Waals surface area contributed by atoms with E-state index in [0.29, 0.717) is 0 Å². The van der Waals surface area contributed by atoms with Crippen molar-refractivity contribution in [3.8, 4) is 0 Å². The Morgan fingerprint density at radius 3 is 2.62 bits per heavy atom. The normalized spacial score (nSPS) is 9.25. The molecule has 41 valence electrons. The summed E-state index contributed by atoms with van der Waals surface area (Å²) in [6, 6.07) is 8.44. The van der Waals surface area contributed by atoms with Gasteiger partial charge in [0.15, 0.2) is 0 Å². The molecule has 1 heteroatoms. The van der Waals surface area contributed by atoms with Gasteiger partial charge in [0.05, 0.1) is 0 Å². The van der Waals surface area contributed by atoms with Gasteiger partial charge in [0.1, 0.15) is 0 Å². The lowest BCUT2D eigenvalue weighted by Gasteiger charge is -1.88. The standard InChI is InChI=1S/C7H6Cl/c1-6-3-2-4-7(8)5-6/h3-5H,1H3. The van der Waals surface area contributed by atoms with Gasteiger partial charge in [-0.1, -0.05) is 17.7 Å². The van der Waals surface area contributed by atoms with Gasteiger partial charge in [-0.15, -0.1) is 0 Å². The first kappa shape index (κ1) is 5.64. The quantitative estimate of drug-likeness (QED) is 0.500. The molecule has 1 aromatic carbocycles. The molecular weight excluding hydrogens is 120 g/mol. The van der Waals surface area contributed by atoms with Crippen LogP contribution >= 0.6 is 11.6 Å². The van der Waals surface area contributed by atoms with Crippen molar-refractivity contribution in [3.63, 3.8) is 0 Å². The second kappa shape index (κ2) is 2.19. The maximum Gasteiger partial charge on any atom is 0.0414 e. The Hall–Kier alpha value is -0.490. The van der Waals surface area contributed by atoms with E-state index >= 15 is 0 Å². The van der Waals surface area contributed by atoms with Crippen molar-refractivity contribution < 1.29 is 0 Å². The van der Waals surface area contributed by atoms with Crippen LogP contribution in [0, 0.1) is 13.0 Å². The number of hydrogen-bond acceptors (Lipinski definition) is 0. The third-order valence-electron chi connectivity index (χ3n) is 0.898. The van der Waals surface area contributed by atoms with Gasteiger partial charge in [0.25, 0.3) is 0 Å². The maximum atomic E-state index is 5.61. The molecule has 0 aliphatic heterocycles. The second-order valence-electron chi connectivity index (χ2n) is 1.73. The molecule has 0 bridgehead atoms. The van der Waals surface area contributed by atoms with Gasteiger partial charge in [-0.05, 0) is 30.7 Å². The van der Waals surface area contributed by atoms with Crippen molar-refractivity contribution in [2.45, 2.75) is 6.92 Å². The van der Waals surface area contributed by atoms with E-state index < -0.39 is 0 Å².